The molecule has 0 atom stereocenters. The lowest BCUT2D eigenvalue weighted by Crippen LogP contribution is -2.01. The third-order valence-corrected chi connectivity index (χ3v) is 2.31. The Labute approximate surface area is 86.8 Å². The zero-order chi connectivity index (χ0) is 10.8. The zero-order valence-electron chi connectivity index (χ0n) is 8.53. The van der Waals surface area contributed by atoms with Crippen LogP contribution in [0.4, 0.5) is 0 Å². The standard InChI is InChI=1S/C11H11NO3/c1-14-9-4-3-8(11(13)15-2)7-5-6-12-10(7)9/h3-6,12H,1-2H3. The van der Waals surface area contributed by atoms with Gasteiger partial charge in [-0.3, -0.25) is 0 Å². The first-order chi connectivity index (χ1) is 7.27. The first-order valence-electron chi connectivity index (χ1n) is 4.50. The molecule has 0 saturated carbocycles. The Hall–Kier alpha value is -1.97. The van der Waals surface area contributed by atoms with Crippen molar-refractivity contribution in [3.8, 4) is 5.75 Å². The highest BCUT2D eigenvalue weighted by molar-refractivity contribution is 6.05. The smallest absolute Gasteiger partial charge is 0.338 e. The van der Waals surface area contributed by atoms with Crippen molar-refractivity contribution in [1.29, 1.82) is 0 Å². The lowest BCUT2D eigenvalue weighted by Gasteiger charge is -2.05. The molecule has 4 nitrogen and oxygen atoms in total. The molecule has 0 spiro atoms. The number of methoxy groups -OCH3 is 2. The molecular formula is C11H11NO3. The lowest BCUT2D eigenvalue weighted by atomic mass is 10.1. The molecule has 0 saturated heterocycles. The molecule has 0 aliphatic rings. The minimum atomic E-state index is -0.345. The van der Waals surface area contributed by atoms with E-state index in [9.17, 15) is 4.79 Å². The van der Waals surface area contributed by atoms with Crippen LogP contribution in [0.25, 0.3) is 10.9 Å². The van der Waals surface area contributed by atoms with Gasteiger partial charge in [-0.25, -0.2) is 4.79 Å². The Bertz CT molecular complexity index is 502. The SMILES string of the molecule is COC(=O)c1ccc(OC)c2[nH]ccc12. The number of H-pyrrole nitrogens is 1. The fraction of sp³-hybridized carbons (Fsp3) is 0.182. The van der Waals surface area contributed by atoms with Gasteiger partial charge in [-0.15, -0.1) is 0 Å². The minimum Gasteiger partial charge on any atom is -0.495 e. The van der Waals surface area contributed by atoms with E-state index >= 15 is 0 Å². The summed E-state index contributed by atoms with van der Waals surface area (Å²) in [6.07, 6.45) is 1.76. The van der Waals surface area contributed by atoms with Crippen molar-refractivity contribution in [1.82, 2.24) is 4.98 Å². The largest absolute Gasteiger partial charge is 0.495 e. The van der Waals surface area contributed by atoms with E-state index < -0.39 is 0 Å². The zero-order valence-corrected chi connectivity index (χ0v) is 8.53. The number of aromatic nitrogens is 1. The Morgan fingerprint density at radius 1 is 1.27 bits per heavy atom. The Morgan fingerprint density at radius 2 is 2.07 bits per heavy atom. The van der Waals surface area contributed by atoms with E-state index in [-0.39, 0.29) is 5.97 Å². The van der Waals surface area contributed by atoms with E-state index in [1.54, 1.807) is 25.4 Å². The highest BCUT2D eigenvalue weighted by Crippen LogP contribution is 2.27. The van der Waals surface area contributed by atoms with Crippen LogP contribution in [0.2, 0.25) is 0 Å². The summed E-state index contributed by atoms with van der Waals surface area (Å²) in [6, 6.07) is 5.26. The number of carbonyl (C=O) groups excluding carboxylic acids is 1. The third kappa shape index (κ3) is 1.44. The second kappa shape index (κ2) is 3.65. The summed E-state index contributed by atoms with van der Waals surface area (Å²) in [7, 11) is 2.96. The summed E-state index contributed by atoms with van der Waals surface area (Å²) in [5, 5.41) is 0.807. The topological polar surface area (TPSA) is 51.3 Å². The van der Waals surface area contributed by atoms with Crippen LogP contribution in [0.1, 0.15) is 10.4 Å². The van der Waals surface area contributed by atoms with E-state index in [1.165, 1.54) is 7.11 Å². The molecule has 0 aliphatic carbocycles. The lowest BCUT2D eigenvalue weighted by molar-refractivity contribution is 0.0603. The van der Waals surface area contributed by atoms with Gasteiger partial charge in [0.2, 0.25) is 0 Å². The molecule has 0 unspecified atom stereocenters. The van der Waals surface area contributed by atoms with Gasteiger partial charge in [-0.2, -0.15) is 0 Å². The fourth-order valence-corrected chi connectivity index (χ4v) is 1.59. The molecule has 1 aromatic heterocycles. The van der Waals surface area contributed by atoms with Crippen molar-refractivity contribution < 1.29 is 14.3 Å². The van der Waals surface area contributed by atoms with Crippen LogP contribution in [0.3, 0.4) is 0 Å². The number of esters is 1. The number of hydrogen-bond acceptors (Lipinski definition) is 3. The van der Waals surface area contributed by atoms with Crippen molar-refractivity contribution >= 4 is 16.9 Å². The number of benzene rings is 1. The highest BCUT2D eigenvalue weighted by atomic mass is 16.5. The fourth-order valence-electron chi connectivity index (χ4n) is 1.59. The van der Waals surface area contributed by atoms with Gasteiger partial charge >= 0.3 is 5.97 Å². The van der Waals surface area contributed by atoms with Gasteiger partial charge in [0, 0.05) is 11.6 Å². The van der Waals surface area contributed by atoms with E-state index in [1.807, 2.05) is 6.07 Å². The summed E-state index contributed by atoms with van der Waals surface area (Å²) < 4.78 is 9.86. The molecule has 1 aromatic carbocycles. The second-order valence-electron chi connectivity index (χ2n) is 3.07. The average molecular weight is 205 g/mol. The molecule has 0 fully saturated rings. The van der Waals surface area contributed by atoms with Gasteiger partial charge < -0.3 is 14.5 Å². The minimum absolute atomic E-state index is 0.345. The van der Waals surface area contributed by atoms with E-state index in [4.69, 9.17) is 9.47 Å². The number of aromatic amines is 1. The number of hydrogen-bond donors (Lipinski definition) is 1. The van der Waals surface area contributed by atoms with Gasteiger partial charge in [0.1, 0.15) is 5.75 Å². The normalized spacial score (nSPS) is 10.3. The number of fused-ring (bicyclic) bond motifs is 1. The molecule has 1 heterocycles. The van der Waals surface area contributed by atoms with Crippen LogP contribution in [0.5, 0.6) is 5.75 Å². The molecular weight excluding hydrogens is 194 g/mol. The summed E-state index contributed by atoms with van der Waals surface area (Å²) in [5.74, 6) is 0.366. The van der Waals surface area contributed by atoms with Gasteiger partial charge in [0.15, 0.2) is 0 Å². The summed E-state index contributed by atoms with van der Waals surface area (Å²) in [4.78, 5) is 14.5. The maximum atomic E-state index is 11.4. The molecule has 2 rings (SSSR count). The summed E-state index contributed by atoms with van der Waals surface area (Å²) in [5.41, 5.74) is 1.34. The van der Waals surface area contributed by atoms with Gasteiger partial charge in [0.25, 0.3) is 0 Å². The number of rotatable bonds is 2. The molecule has 1 N–H and O–H groups in total. The summed E-state index contributed by atoms with van der Waals surface area (Å²) in [6.45, 7) is 0. The monoisotopic (exact) mass is 205 g/mol. The van der Waals surface area contributed by atoms with Crippen molar-refractivity contribution in [3.63, 3.8) is 0 Å². The number of carbonyl (C=O) groups is 1. The molecule has 2 aromatic rings. The molecule has 0 amide bonds. The van der Waals surface area contributed by atoms with Gasteiger partial charge in [-0.1, -0.05) is 0 Å². The van der Waals surface area contributed by atoms with Gasteiger partial charge in [-0.05, 0) is 18.2 Å². The first kappa shape index (κ1) is 9.58. The van der Waals surface area contributed by atoms with Crippen LogP contribution in [-0.4, -0.2) is 25.2 Å². The van der Waals surface area contributed by atoms with Crippen molar-refractivity contribution in [2.45, 2.75) is 0 Å². The second-order valence-corrected chi connectivity index (χ2v) is 3.07. The van der Waals surface area contributed by atoms with E-state index in [2.05, 4.69) is 4.98 Å². The van der Waals surface area contributed by atoms with Gasteiger partial charge in [0.05, 0.1) is 25.3 Å². The molecule has 0 bridgehead atoms. The van der Waals surface area contributed by atoms with Crippen molar-refractivity contribution in [2.75, 3.05) is 14.2 Å². The Kier molecular flexibility index (Phi) is 2.33. The average Bonchev–Trinajstić information content (AvgIpc) is 2.75. The predicted molar refractivity (Wildman–Crippen MR) is 56.2 cm³/mol. The quantitative estimate of drug-likeness (QED) is 0.762. The predicted octanol–water partition coefficient (Wildman–Crippen LogP) is 1.96. The molecule has 0 aliphatic heterocycles. The van der Waals surface area contributed by atoms with Crippen molar-refractivity contribution in [2.24, 2.45) is 0 Å². The van der Waals surface area contributed by atoms with Crippen LogP contribution in [0.15, 0.2) is 24.4 Å². The van der Waals surface area contributed by atoms with E-state index in [0.29, 0.717) is 11.3 Å². The molecule has 0 radical (unpaired) electrons. The van der Waals surface area contributed by atoms with Crippen LogP contribution in [0, 0.1) is 0 Å². The Balaban J connectivity index is 2.68. The van der Waals surface area contributed by atoms with Crippen LogP contribution < -0.4 is 4.74 Å². The number of nitrogens with one attached hydrogen (secondary N) is 1. The first-order valence-corrected chi connectivity index (χ1v) is 4.50. The van der Waals surface area contributed by atoms with Crippen molar-refractivity contribution in [3.05, 3.63) is 30.0 Å². The van der Waals surface area contributed by atoms with Crippen LogP contribution >= 0.6 is 0 Å². The maximum absolute atomic E-state index is 11.4. The Morgan fingerprint density at radius 3 is 2.73 bits per heavy atom. The van der Waals surface area contributed by atoms with E-state index in [0.717, 1.165) is 10.9 Å². The summed E-state index contributed by atoms with van der Waals surface area (Å²) >= 11 is 0. The number of ether oxygens (including phenoxy) is 2. The maximum Gasteiger partial charge on any atom is 0.338 e. The highest BCUT2D eigenvalue weighted by Gasteiger charge is 2.13. The molecule has 4 heteroatoms. The van der Waals surface area contributed by atoms with Crippen LogP contribution in [-0.2, 0) is 4.74 Å². The molecule has 15 heavy (non-hydrogen) atoms. The third-order valence-electron chi connectivity index (χ3n) is 2.31. The molecule has 78 valence electrons.